The van der Waals surface area contributed by atoms with Gasteiger partial charge >= 0.3 is 0 Å². The van der Waals surface area contributed by atoms with E-state index >= 15 is 0 Å². The van der Waals surface area contributed by atoms with Crippen LogP contribution in [0.2, 0.25) is 0 Å². The number of hydrogen-bond acceptors (Lipinski definition) is 7. The van der Waals surface area contributed by atoms with Gasteiger partial charge in [-0.25, -0.2) is 0 Å². The van der Waals surface area contributed by atoms with Gasteiger partial charge in [-0.15, -0.1) is 0 Å². The molecule has 4 atom stereocenters. The number of likely N-dealkylation sites (N-methyl/N-ethyl adjacent to an activating group) is 1. The molecule has 0 saturated carbocycles. The van der Waals surface area contributed by atoms with Gasteiger partial charge in [-0.3, -0.25) is 4.79 Å². The Morgan fingerprint density at radius 2 is 1.31 bits per heavy atom. The first-order valence-corrected chi connectivity index (χ1v) is 10.2. The van der Waals surface area contributed by atoms with Gasteiger partial charge in [-0.2, -0.15) is 12.6 Å². The van der Waals surface area contributed by atoms with Crippen LogP contribution in [0.4, 0.5) is 0 Å². The zero-order valence-electron chi connectivity index (χ0n) is 15.8. The predicted molar refractivity (Wildman–Crippen MR) is 104 cm³/mol. The maximum atomic E-state index is 12.0. The van der Waals surface area contributed by atoms with E-state index in [-0.39, 0.29) is 12.5 Å². The molecule has 0 bridgehead atoms. The van der Waals surface area contributed by atoms with Gasteiger partial charge in [-0.05, 0) is 18.6 Å². The van der Waals surface area contributed by atoms with E-state index in [9.17, 15) is 25.2 Å². The number of amides is 1. The minimum absolute atomic E-state index is 0.137. The molecular formula is C18H37NO6S. The first kappa shape index (κ1) is 25.6. The zero-order valence-corrected chi connectivity index (χ0v) is 16.7. The average Bonchev–Trinajstić information content (AvgIpc) is 2.64. The van der Waals surface area contributed by atoms with Crippen molar-refractivity contribution in [3.05, 3.63) is 0 Å². The third kappa shape index (κ3) is 11.4. The molecule has 5 N–H and O–H groups in total. The Bertz CT molecular complexity index is 361. The lowest BCUT2D eigenvalue weighted by atomic mass is 10.0. The molecule has 0 saturated heterocycles. The Hall–Kier alpha value is -0.380. The molecule has 0 rings (SSSR count). The van der Waals surface area contributed by atoms with Gasteiger partial charge in [-0.1, -0.05) is 38.5 Å². The summed E-state index contributed by atoms with van der Waals surface area (Å²) in [5.41, 5.74) is 0. The van der Waals surface area contributed by atoms with Crippen LogP contribution in [0.3, 0.4) is 0 Å². The van der Waals surface area contributed by atoms with Crippen molar-refractivity contribution in [2.24, 2.45) is 0 Å². The van der Waals surface area contributed by atoms with Crippen molar-refractivity contribution in [1.29, 1.82) is 0 Å². The summed E-state index contributed by atoms with van der Waals surface area (Å²) in [4.78, 5) is 13.4. The van der Waals surface area contributed by atoms with Crippen LogP contribution in [0.25, 0.3) is 0 Å². The molecule has 0 aromatic heterocycles. The molecule has 4 unspecified atom stereocenters. The van der Waals surface area contributed by atoms with E-state index in [4.69, 9.17) is 5.11 Å². The molecule has 26 heavy (non-hydrogen) atoms. The van der Waals surface area contributed by atoms with Gasteiger partial charge in [0, 0.05) is 20.0 Å². The molecule has 7 nitrogen and oxygen atoms in total. The molecule has 0 spiro atoms. The summed E-state index contributed by atoms with van der Waals surface area (Å²) in [6.45, 7) is -0.880. The number of aliphatic hydroxyl groups excluding tert-OH is 5. The van der Waals surface area contributed by atoms with E-state index in [2.05, 4.69) is 12.6 Å². The fourth-order valence-electron chi connectivity index (χ4n) is 2.69. The molecule has 1 amide bonds. The molecule has 0 aliphatic carbocycles. The average molecular weight is 396 g/mol. The topological polar surface area (TPSA) is 121 Å². The van der Waals surface area contributed by atoms with Crippen LogP contribution in [-0.2, 0) is 4.79 Å². The summed E-state index contributed by atoms with van der Waals surface area (Å²) in [5.74, 6) is 0.810. The van der Waals surface area contributed by atoms with E-state index in [0.29, 0.717) is 6.42 Å². The Morgan fingerprint density at radius 1 is 0.846 bits per heavy atom. The van der Waals surface area contributed by atoms with Crippen LogP contribution in [0.15, 0.2) is 0 Å². The molecular weight excluding hydrogens is 358 g/mol. The molecule has 0 aromatic rings. The van der Waals surface area contributed by atoms with Gasteiger partial charge < -0.3 is 30.4 Å². The maximum absolute atomic E-state index is 12.0. The standard InChI is InChI=1S/C18H37NO6S/c1-19(12-14(21)17(24)18(25)15(22)13-20)16(23)10-8-6-4-2-3-5-7-9-11-26/h14-15,17-18,20-22,24-26H,2-13H2,1H3. The second-order valence-corrected chi connectivity index (χ2v) is 7.32. The molecule has 0 fully saturated rings. The van der Waals surface area contributed by atoms with Crippen LogP contribution in [0, 0.1) is 0 Å². The number of carbonyl (C=O) groups excluding carboxylic acids is 1. The predicted octanol–water partition coefficient (Wildman–Crippen LogP) is 0.321. The Kier molecular flexibility index (Phi) is 15.4. The summed E-state index contributed by atoms with van der Waals surface area (Å²) in [6, 6.07) is 0. The number of hydrogen-bond donors (Lipinski definition) is 6. The molecule has 0 aromatic carbocycles. The molecule has 0 aliphatic rings. The van der Waals surface area contributed by atoms with Gasteiger partial charge in [0.1, 0.15) is 24.4 Å². The smallest absolute Gasteiger partial charge is 0.222 e. The van der Waals surface area contributed by atoms with Gasteiger partial charge in [0.15, 0.2) is 0 Å². The largest absolute Gasteiger partial charge is 0.394 e. The molecule has 8 heteroatoms. The molecule has 0 heterocycles. The van der Waals surface area contributed by atoms with Crippen LogP contribution < -0.4 is 0 Å². The second-order valence-electron chi connectivity index (χ2n) is 6.87. The van der Waals surface area contributed by atoms with E-state index < -0.39 is 31.0 Å². The summed E-state index contributed by atoms with van der Waals surface area (Å²) in [6.07, 6.45) is 3.00. The SMILES string of the molecule is CN(CC(O)C(O)C(O)C(O)CO)C(=O)CCCCCCCCCCS. The molecule has 156 valence electrons. The van der Waals surface area contributed by atoms with Crippen LogP contribution in [0.5, 0.6) is 0 Å². The quantitative estimate of drug-likeness (QED) is 0.165. The van der Waals surface area contributed by atoms with Crippen molar-refractivity contribution >= 4 is 18.5 Å². The first-order chi connectivity index (χ1) is 12.3. The van der Waals surface area contributed by atoms with Crippen molar-refractivity contribution in [3.63, 3.8) is 0 Å². The van der Waals surface area contributed by atoms with Crippen molar-refractivity contribution in [1.82, 2.24) is 4.90 Å². The summed E-state index contributed by atoms with van der Waals surface area (Å²) >= 11 is 4.18. The lowest BCUT2D eigenvalue weighted by Gasteiger charge is -2.28. The highest BCUT2D eigenvalue weighted by Gasteiger charge is 2.31. The van der Waals surface area contributed by atoms with Crippen LogP contribution in [0.1, 0.15) is 57.8 Å². The minimum atomic E-state index is -1.67. The lowest BCUT2D eigenvalue weighted by molar-refractivity contribution is -0.138. The fraction of sp³-hybridized carbons (Fsp3) is 0.944. The van der Waals surface area contributed by atoms with Crippen molar-refractivity contribution in [2.75, 3.05) is 26.0 Å². The maximum Gasteiger partial charge on any atom is 0.222 e. The zero-order chi connectivity index (χ0) is 19.9. The van der Waals surface area contributed by atoms with Crippen LogP contribution >= 0.6 is 12.6 Å². The van der Waals surface area contributed by atoms with Crippen molar-refractivity contribution in [3.8, 4) is 0 Å². The highest BCUT2D eigenvalue weighted by Crippen LogP contribution is 2.11. The number of nitrogens with zero attached hydrogens (tertiary/aromatic N) is 1. The monoisotopic (exact) mass is 395 g/mol. The van der Waals surface area contributed by atoms with Gasteiger partial charge in [0.05, 0.1) is 6.61 Å². The third-order valence-electron chi connectivity index (χ3n) is 4.51. The summed E-state index contributed by atoms with van der Waals surface area (Å²) in [7, 11) is 1.52. The van der Waals surface area contributed by atoms with E-state index in [1.807, 2.05) is 0 Å². The number of rotatable bonds is 16. The Balaban J connectivity index is 3.88. The number of carbonyl (C=O) groups is 1. The Morgan fingerprint density at radius 3 is 1.81 bits per heavy atom. The lowest BCUT2D eigenvalue weighted by Crippen LogP contribution is -2.49. The second kappa shape index (κ2) is 15.7. The van der Waals surface area contributed by atoms with E-state index in [1.165, 1.54) is 44.1 Å². The fourth-order valence-corrected chi connectivity index (χ4v) is 2.92. The summed E-state index contributed by atoms with van der Waals surface area (Å²) < 4.78 is 0. The number of unbranched alkanes of at least 4 members (excludes halogenated alkanes) is 7. The van der Waals surface area contributed by atoms with Crippen molar-refractivity contribution in [2.45, 2.75) is 82.2 Å². The van der Waals surface area contributed by atoms with Gasteiger partial charge in [0.2, 0.25) is 5.91 Å². The highest BCUT2D eigenvalue weighted by atomic mass is 32.1. The normalized spacial score (nSPS) is 16.1. The first-order valence-electron chi connectivity index (χ1n) is 9.53. The highest BCUT2D eigenvalue weighted by molar-refractivity contribution is 7.80. The minimum Gasteiger partial charge on any atom is -0.394 e. The van der Waals surface area contributed by atoms with Crippen LogP contribution in [-0.4, -0.2) is 86.7 Å². The third-order valence-corrected chi connectivity index (χ3v) is 4.83. The number of thiol groups is 1. The Labute approximate surface area is 162 Å². The van der Waals surface area contributed by atoms with E-state index in [1.54, 1.807) is 0 Å². The molecule has 0 aliphatic heterocycles. The van der Waals surface area contributed by atoms with E-state index in [0.717, 1.165) is 25.0 Å². The number of aliphatic hydroxyl groups is 5. The molecule has 0 radical (unpaired) electrons. The van der Waals surface area contributed by atoms with Gasteiger partial charge in [0.25, 0.3) is 0 Å². The van der Waals surface area contributed by atoms with Crippen molar-refractivity contribution < 1.29 is 30.3 Å². The summed E-state index contributed by atoms with van der Waals surface area (Å²) in [5, 5.41) is 47.2.